The third kappa shape index (κ3) is 5.61. The van der Waals surface area contributed by atoms with E-state index in [1.807, 2.05) is 12.1 Å². The first-order valence-corrected chi connectivity index (χ1v) is 4.24. The Hall–Kier alpha value is -0.600. The fourth-order valence-electron chi connectivity index (χ4n) is 0.981. The number of nitrogens with zero attached hydrogens (tertiary/aromatic N) is 1. The summed E-state index contributed by atoms with van der Waals surface area (Å²) in [6.07, 6.45) is 5.65. The normalized spacial score (nSPS) is 9.00. The van der Waals surface area contributed by atoms with E-state index in [1.54, 1.807) is 12.4 Å². The van der Waals surface area contributed by atoms with Gasteiger partial charge in [0, 0.05) is 18.8 Å². The zero-order valence-electron chi connectivity index (χ0n) is 7.07. The molecule has 0 fully saturated rings. The molecular weight excluding hydrogens is 209 g/mol. The van der Waals surface area contributed by atoms with Gasteiger partial charge in [0.1, 0.15) is 0 Å². The highest BCUT2D eigenvalue weighted by atomic mass is 35.5. The molecule has 2 nitrogen and oxygen atoms in total. The summed E-state index contributed by atoms with van der Waals surface area (Å²) in [5.41, 5.74) is 1.20. The van der Waals surface area contributed by atoms with Crippen molar-refractivity contribution in [3.63, 3.8) is 0 Å². The van der Waals surface area contributed by atoms with E-state index >= 15 is 0 Å². The summed E-state index contributed by atoms with van der Waals surface area (Å²) in [6.45, 7) is 0. The lowest BCUT2D eigenvalue weighted by Crippen LogP contribution is -1.90. The predicted octanol–water partition coefficient (Wildman–Crippen LogP) is 2.59. The number of rotatable bonds is 4. The van der Waals surface area contributed by atoms with Crippen molar-refractivity contribution in [3.8, 4) is 0 Å². The largest absolute Gasteiger partial charge is 0.281 e. The van der Waals surface area contributed by atoms with Crippen LogP contribution in [-0.4, -0.2) is 10.2 Å². The van der Waals surface area contributed by atoms with Gasteiger partial charge in [0.15, 0.2) is 0 Å². The molecule has 1 heterocycles. The first-order chi connectivity index (χ1) is 5.79. The second-order valence-electron chi connectivity index (χ2n) is 2.56. The number of carbonyl (C=O) groups excluding carboxylic acids is 1. The second-order valence-corrected chi connectivity index (χ2v) is 2.99. The van der Waals surface area contributed by atoms with Crippen molar-refractivity contribution in [2.45, 2.75) is 19.3 Å². The van der Waals surface area contributed by atoms with E-state index < -0.39 is 0 Å². The smallest absolute Gasteiger partial charge is 0.221 e. The molecule has 0 N–H and O–H groups in total. The first-order valence-electron chi connectivity index (χ1n) is 3.86. The molecule has 0 spiro atoms. The van der Waals surface area contributed by atoms with E-state index in [0.717, 1.165) is 12.8 Å². The van der Waals surface area contributed by atoms with E-state index in [4.69, 9.17) is 11.6 Å². The van der Waals surface area contributed by atoms with Crippen molar-refractivity contribution in [2.24, 2.45) is 0 Å². The van der Waals surface area contributed by atoms with Crippen molar-refractivity contribution in [2.75, 3.05) is 0 Å². The Morgan fingerprint density at radius 1 is 1.38 bits per heavy atom. The van der Waals surface area contributed by atoms with Crippen molar-refractivity contribution >= 4 is 29.3 Å². The van der Waals surface area contributed by atoms with Gasteiger partial charge in [-0.25, -0.2) is 0 Å². The molecule has 0 aliphatic rings. The van der Waals surface area contributed by atoms with Crippen LogP contribution in [0.2, 0.25) is 0 Å². The van der Waals surface area contributed by atoms with Gasteiger partial charge in [0.2, 0.25) is 5.24 Å². The van der Waals surface area contributed by atoms with E-state index in [-0.39, 0.29) is 17.6 Å². The Labute approximate surface area is 88.7 Å². The van der Waals surface area contributed by atoms with E-state index in [1.165, 1.54) is 5.56 Å². The van der Waals surface area contributed by atoms with Gasteiger partial charge in [0.05, 0.1) is 0 Å². The van der Waals surface area contributed by atoms with Crippen LogP contribution >= 0.6 is 24.0 Å². The molecule has 0 aromatic carbocycles. The summed E-state index contributed by atoms with van der Waals surface area (Å²) in [5.74, 6) is 0. The average Bonchev–Trinajstić information content (AvgIpc) is 2.05. The van der Waals surface area contributed by atoms with Crippen LogP contribution < -0.4 is 0 Å². The average molecular weight is 220 g/mol. The Bertz CT molecular complexity index is 251. The molecule has 1 aromatic rings. The van der Waals surface area contributed by atoms with Gasteiger partial charge in [-0.15, -0.1) is 12.4 Å². The summed E-state index contributed by atoms with van der Waals surface area (Å²) in [5, 5.41) is -0.260. The van der Waals surface area contributed by atoms with Crippen LogP contribution in [0.4, 0.5) is 0 Å². The lowest BCUT2D eigenvalue weighted by Gasteiger charge is -1.96. The molecule has 0 aliphatic carbocycles. The minimum absolute atomic E-state index is 0. The van der Waals surface area contributed by atoms with Crippen molar-refractivity contribution < 1.29 is 4.79 Å². The van der Waals surface area contributed by atoms with Crippen molar-refractivity contribution in [3.05, 3.63) is 30.1 Å². The predicted molar refractivity (Wildman–Crippen MR) is 55.3 cm³/mol. The fourth-order valence-corrected chi connectivity index (χ4v) is 1.11. The van der Waals surface area contributed by atoms with Crippen LogP contribution in [0.25, 0.3) is 0 Å². The highest BCUT2D eigenvalue weighted by Crippen LogP contribution is 2.04. The van der Waals surface area contributed by atoms with Crippen LogP contribution in [-0.2, 0) is 11.2 Å². The third-order valence-corrected chi connectivity index (χ3v) is 1.78. The van der Waals surface area contributed by atoms with E-state index in [9.17, 15) is 4.79 Å². The lowest BCUT2D eigenvalue weighted by atomic mass is 10.1. The maximum Gasteiger partial charge on any atom is 0.221 e. The van der Waals surface area contributed by atoms with Gasteiger partial charge in [-0.05, 0) is 42.1 Å². The van der Waals surface area contributed by atoms with Gasteiger partial charge in [-0.1, -0.05) is 0 Å². The molecule has 0 saturated heterocycles. The molecule has 0 unspecified atom stereocenters. The standard InChI is InChI=1S/C9H10ClNO.ClH/c10-9(12)3-1-2-8-4-6-11-7-5-8;/h4-7H,1-3H2;1H. The molecule has 0 saturated carbocycles. The van der Waals surface area contributed by atoms with Crippen LogP contribution in [0.15, 0.2) is 24.5 Å². The number of carbonyl (C=O) groups is 1. The molecule has 0 bridgehead atoms. The van der Waals surface area contributed by atoms with Crippen molar-refractivity contribution in [1.29, 1.82) is 0 Å². The molecule has 13 heavy (non-hydrogen) atoms. The minimum Gasteiger partial charge on any atom is -0.281 e. The summed E-state index contributed by atoms with van der Waals surface area (Å²) in [7, 11) is 0. The number of aromatic nitrogens is 1. The van der Waals surface area contributed by atoms with Gasteiger partial charge in [-0.2, -0.15) is 0 Å². The zero-order chi connectivity index (χ0) is 8.81. The van der Waals surface area contributed by atoms with Gasteiger partial charge in [-0.3, -0.25) is 9.78 Å². The molecule has 0 aliphatic heterocycles. The molecule has 4 heteroatoms. The number of halogens is 2. The topological polar surface area (TPSA) is 30.0 Å². The number of hydrogen-bond donors (Lipinski definition) is 0. The van der Waals surface area contributed by atoms with Crippen LogP contribution in [0.5, 0.6) is 0 Å². The lowest BCUT2D eigenvalue weighted by molar-refractivity contribution is -0.111. The minimum atomic E-state index is -0.260. The van der Waals surface area contributed by atoms with Crippen molar-refractivity contribution in [1.82, 2.24) is 4.98 Å². The number of aryl methyl sites for hydroxylation is 1. The van der Waals surface area contributed by atoms with Crippen LogP contribution in [0, 0.1) is 0 Å². The molecule has 1 aromatic heterocycles. The highest BCUT2D eigenvalue weighted by Gasteiger charge is 1.96. The monoisotopic (exact) mass is 219 g/mol. The van der Waals surface area contributed by atoms with Gasteiger partial charge < -0.3 is 0 Å². The maximum atomic E-state index is 10.4. The summed E-state index contributed by atoms with van der Waals surface area (Å²) >= 11 is 5.19. The highest BCUT2D eigenvalue weighted by molar-refractivity contribution is 6.63. The quantitative estimate of drug-likeness (QED) is 0.730. The molecule has 0 atom stereocenters. The summed E-state index contributed by atoms with van der Waals surface area (Å²) in [6, 6.07) is 3.89. The number of hydrogen-bond acceptors (Lipinski definition) is 2. The summed E-state index contributed by atoms with van der Waals surface area (Å²) < 4.78 is 0. The fraction of sp³-hybridized carbons (Fsp3) is 0.333. The van der Waals surface area contributed by atoms with E-state index in [2.05, 4.69) is 4.98 Å². The maximum absolute atomic E-state index is 10.4. The van der Waals surface area contributed by atoms with Gasteiger partial charge >= 0.3 is 0 Å². The third-order valence-electron chi connectivity index (χ3n) is 1.59. The number of pyridine rings is 1. The van der Waals surface area contributed by atoms with Gasteiger partial charge in [0.25, 0.3) is 0 Å². The molecule has 72 valence electrons. The molecule has 1 rings (SSSR count). The Morgan fingerprint density at radius 3 is 2.54 bits per heavy atom. The Morgan fingerprint density at radius 2 is 2.00 bits per heavy atom. The zero-order valence-corrected chi connectivity index (χ0v) is 8.64. The van der Waals surface area contributed by atoms with Crippen LogP contribution in [0.1, 0.15) is 18.4 Å². The molecule has 0 radical (unpaired) electrons. The Kier molecular flexibility index (Phi) is 6.55. The first kappa shape index (κ1) is 12.4. The second kappa shape index (κ2) is 6.87. The Balaban J connectivity index is 0.00000144. The SMILES string of the molecule is Cl.O=C(Cl)CCCc1ccncc1. The summed E-state index contributed by atoms with van der Waals surface area (Å²) in [4.78, 5) is 14.3. The molecule has 0 amide bonds. The van der Waals surface area contributed by atoms with Crippen LogP contribution in [0.3, 0.4) is 0 Å². The van der Waals surface area contributed by atoms with E-state index in [0.29, 0.717) is 6.42 Å². The molecular formula is C9H11Cl2NO.